The minimum atomic E-state index is -0.0657. The molecule has 0 amide bonds. The summed E-state index contributed by atoms with van der Waals surface area (Å²) in [6, 6.07) is 29.1. The molecule has 3 heterocycles. The third kappa shape index (κ3) is 5.32. The van der Waals surface area contributed by atoms with Crippen molar-refractivity contribution in [2.24, 2.45) is 0 Å². The highest BCUT2D eigenvalue weighted by Crippen LogP contribution is 2.30. The van der Waals surface area contributed by atoms with E-state index in [0.717, 1.165) is 49.9 Å². The first-order chi connectivity index (χ1) is 18.8. The molecule has 1 aliphatic heterocycles. The summed E-state index contributed by atoms with van der Waals surface area (Å²) in [6.07, 6.45) is 10.0. The van der Waals surface area contributed by atoms with Crippen molar-refractivity contribution in [1.29, 1.82) is 0 Å². The van der Waals surface area contributed by atoms with Crippen molar-refractivity contribution in [2.45, 2.75) is 6.04 Å². The van der Waals surface area contributed by atoms with Crippen molar-refractivity contribution in [2.75, 3.05) is 32.7 Å². The van der Waals surface area contributed by atoms with E-state index in [9.17, 15) is 0 Å². The van der Waals surface area contributed by atoms with Gasteiger partial charge in [0.2, 0.25) is 0 Å². The number of para-hydroxylation sites is 1. The van der Waals surface area contributed by atoms with Crippen molar-refractivity contribution in [3.63, 3.8) is 0 Å². The van der Waals surface area contributed by atoms with Crippen molar-refractivity contribution >= 4 is 6.08 Å². The first kappa shape index (κ1) is 24.0. The van der Waals surface area contributed by atoms with Gasteiger partial charge in [-0.15, -0.1) is 5.10 Å². The second-order valence-electron chi connectivity index (χ2n) is 9.40. The standard InChI is InChI=1S/C30H30N8/c1-3-8-25(9-4-1)10-7-18-35-20-22-36(23-21-35)29(26-13-15-27(16-14-26)37-19-17-31-24-37)30-32-33-34-38(30)28-11-5-2-6-12-28/h1-17,19,24,29H,18,20-23H2. The summed E-state index contributed by atoms with van der Waals surface area (Å²) < 4.78 is 3.87. The lowest BCUT2D eigenvalue weighted by molar-refractivity contribution is 0.113. The molecule has 1 aliphatic rings. The van der Waals surface area contributed by atoms with Crippen molar-refractivity contribution < 1.29 is 0 Å². The van der Waals surface area contributed by atoms with Crippen LogP contribution < -0.4 is 0 Å². The molecule has 38 heavy (non-hydrogen) atoms. The largest absolute Gasteiger partial charge is 0.306 e. The molecular weight excluding hydrogens is 472 g/mol. The number of benzene rings is 3. The van der Waals surface area contributed by atoms with E-state index < -0.39 is 0 Å². The molecule has 3 aromatic carbocycles. The van der Waals surface area contributed by atoms with Crippen molar-refractivity contribution in [3.05, 3.63) is 127 Å². The Hall–Kier alpha value is -4.40. The average Bonchev–Trinajstić information content (AvgIpc) is 3.69. The third-order valence-electron chi connectivity index (χ3n) is 7.00. The maximum absolute atomic E-state index is 4.54. The van der Waals surface area contributed by atoms with Gasteiger partial charge < -0.3 is 4.57 Å². The minimum absolute atomic E-state index is 0.0657. The number of tetrazole rings is 1. The fourth-order valence-corrected chi connectivity index (χ4v) is 4.99. The van der Waals surface area contributed by atoms with E-state index in [4.69, 9.17) is 0 Å². The number of nitrogens with zero attached hydrogens (tertiary/aromatic N) is 8. The van der Waals surface area contributed by atoms with Crippen LogP contribution in [0.4, 0.5) is 0 Å². The monoisotopic (exact) mass is 502 g/mol. The predicted molar refractivity (Wildman–Crippen MR) is 148 cm³/mol. The summed E-state index contributed by atoms with van der Waals surface area (Å²) in [6.45, 7) is 4.75. The van der Waals surface area contributed by atoms with Gasteiger partial charge in [-0.2, -0.15) is 4.68 Å². The Balaban J connectivity index is 1.24. The lowest BCUT2D eigenvalue weighted by Crippen LogP contribution is -2.48. The molecule has 190 valence electrons. The molecule has 6 rings (SSSR count). The molecule has 0 bridgehead atoms. The Morgan fingerprint density at radius 2 is 1.53 bits per heavy atom. The van der Waals surface area contributed by atoms with Gasteiger partial charge in [-0.25, -0.2) is 4.98 Å². The minimum Gasteiger partial charge on any atom is -0.306 e. The number of hydrogen-bond donors (Lipinski definition) is 0. The molecular formula is C30H30N8. The van der Waals surface area contributed by atoms with Gasteiger partial charge in [0.1, 0.15) is 0 Å². The molecule has 5 aromatic rings. The number of rotatable bonds is 8. The van der Waals surface area contributed by atoms with Crippen LogP contribution in [-0.4, -0.2) is 72.3 Å². The molecule has 1 saturated heterocycles. The number of piperazine rings is 1. The van der Waals surface area contributed by atoms with Gasteiger partial charge >= 0.3 is 0 Å². The van der Waals surface area contributed by atoms with Gasteiger partial charge in [-0.05, 0) is 45.8 Å². The van der Waals surface area contributed by atoms with E-state index in [1.54, 1.807) is 6.20 Å². The normalized spacial score (nSPS) is 15.7. The third-order valence-corrected chi connectivity index (χ3v) is 7.00. The summed E-state index contributed by atoms with van der Waals surface area (Å²) in [5, 5.41) is 13.0. The zero-order valence-electron chi connectivity index (χ0n) is 21.2. The SMILES string of the molecule is C(=Cc1ccccc1)CN1CCN(C(c2ccc(-n3ccnc3)cc2)c2nnnn2-c2ccccc2)CC1. The van der Waals surface area contributed by atoms with Gasteiger partial charge in [-0.1, -0.05) is 72.8 Å². The Bertz CT molecular complexity index is 1440. The predicted octanol–water partition coefficient (Wildman–Crippen LogP) is 4.27. The van der Waals surface area contributed by atoms with E-state index in [2.05, 4.69) is 91.0 Å². The van der Waals surface area contributed by atoms with Crippen LogP contribution in [0.25, 0.3) is 17.5 Å². The molecule has 0 saturated carbocycles. The number of aromatic nitrogens is 6. The average molecular weight is 503 g/mol. The smallest absolute Gasteiger partial charge is 0.178 e. The maximum Gasteiger partial charge on any atom is 0.178 e. The molecule has 0 N–H and O–H groups in total. The molecule has 0 spiro atoms. The molecule has 8 heteroatoms. The van der Waals surface area contributed by atoms with Gasteiger partial charge in [0, 0.05) is 50.8 Å². The summed E-state index contributed by atoms with van der Waals surface area (Å²) >= 11 is 0. The summed E-state index contributed by atoms with van der Waals surface area (Å²) in [5.74, 6) is 0.823. The van der Waals surface area contributed by atoms with Gasteiger partial charge in [0.25, 0.3) is 0 Å². The van der Waals surface area contributed by atoms with E-state index in [1.165, 1.54) is 11.1 Å². The van der Waals surface area contributed by atoms with Gasteiger partial charge in [-0.3, -0.25) is 9.80 Å². The highest BCUT2D eigenvalue weighted by molar-refractivity contribution is 5.48. The lowest BCUT2D eigenvalue weighted by Gasteiger charge is -2.38. The van der Waals surface area contributed by atoms with Crippen LogP contribution in [0, 0.1) is 0 Å². The summed E-state index contributed by atoms with van der Waals surface area (Å²) in [7, 11) is 0. The van der Waals surface area contributed by atoms with Crippen LogP contribution in [0.5, 0.6) is 0 Å². The van der Waals surface area contributed by atoms with Crippen LogP contribution in [0.3, 0.4) is 0 Å². The lowest BCUT2D eigenvalue weighted by atomic mass is 10.0. The van der Waals surface area contributed by atoms with E-state index in [-0.39, 0.29) is 6.04 Å². The second kappa shape index (κ2) is 11.3. The quantitative estimate of drug-likeness (QED) is 0.316. The van der Waals surface area contributed by atoms with Crippen LogP contribution in [0.1, 0.15) is 23.0 Å². The maximum atomic E-state index is 4.54. The Kier molecular flexibility index (Phi) is 7.15. The van der Waals surface area contributed by atoms with Crippen LogP contribution >= 0.6 is 0 Å². The first-order valence-electron chi connectivity index (χ1n) is 13.0. The Labute approximate surface area is 222 Å². The summed E-state index contributed by atoms with van der Waals surface area (Å²) in [5.41, 5.74) is 4.43. The molecule has 1 fully saturated rings. The highest BCUT2D eigenvalue weighted by Gasteiger charge is 2.30. The molecule has 0 radical (unpaired) electrons. The fraction of sp³-hybridized carbons (Fsp3) is 0.200. The Morgan fingerprint density at radius 3 is 2.24 bits per heavy atom. The first-order valence-corrected chi connectivity index (χ1v) is 13.0. The molecule has 1 atom stereocenters. The van der Waals surface area contributed by atoms with Crippen LogP contribution in [0.2, 0.25) is 0 Å². The van der Waals surface area contributed by atoms with Crippen LogP contribution in [-0.2, 0) is 0 Å². The zero-order chi connectivity index (χ0) is 25.6. The Morgan fingerprint density at radius 1 is 0.789 bits per heavy atom. The van der Waals surface area contributed by atoms with Crippen molar-refractivity contribution in [3.8, 4) is 11.4 Å². The van der Waals surface area contributed by atoms with E-state index >= 15 is 0 Å². The topological polar surface area (TPSA) is 67.9 Å². The highest BCUT2D eigenvalue weighted by atomic mass is 15.6. The van der Waals surface area contributed by atoms with Gasteiger partial charge in [0.15, 0.2) is 5.82 Å². The molecule has 2 aromatic heterocycles. The number of imidazole rings is 1. The van der Waals surface area contributed by atoms with Gasteiger partial charge in [0.05, 0.1) is 18.1 Å². The van der Waals surface area contributed by atoms with E-state index in [1.807, 2.05) is 58.2 Å². The van der Waals surface area contributed by atoms with Crippen molar-refractivity contribution in [1.82, 2.24) is 39.6 Å². The van der Waals surface area contributed by atoms with Crippen LogP contribution in [0.15, 0.2) is 110 Å². The zero-order valence-corrected chi connectivity index (χ0v) is 21.2. The molecule has 0 aliphatic carbocycles. The molecule has 1 unspecified atom stereocenters. The second-order valence-corrected chi connectivity index (χ2v) is 9.40. The fourth-order valence-electron chi connectivity index (χ4n) is 4.99. The molecule has 8 nitrogen and oxygen atoms in total. The summed E-state index contributed by atoms with van der Waals surface area (Å²) in [4.78, 5) is 9.17. The number of hydrogen-bond acceptors (Lipinski definition) is 6. The van der Waals surface area contributed by atoms with E-state index in [0.29, 0.717) is 0 Å².